The zero-order chi connectivity index (χ0) is 14.9. The maximum Gasteiger partial charge on any atom is 0.225 e. The van der Waals surface area contributed by atoms with Gasteiger partial charge in [0.15, 0.2) is 0 Å². The molecule has 1 aromatic heterocycles. The third kappa shape index (κ3) is 5.04. The summed E-state index contributed by atoms with van der Waals surface area (Å²) in [7, 11) is 1.71. The van der Waals surface area contributed by atoms with Gasteiger partial charge in [0.2, 0.25) is 11.8 Å². The first-order chi connectivity index (χ1) is 10.3. The lowest BCUT2D eigenvalue weighted by Gasteiger charge is -2.08. The zero-order valence-corrected chi connectivity index (χ0v) is 12.5. The van der Waals surface area contributed by atoms with Crippen molar-refractivity contribution in [3.63, 3.8) is 0 Å². The lowest BCUT2D eigenvalue weighted by molar-refractivity contribution is 0.202. The smallest absolute Gasteiger partial charge is 0.225 e. The predicted octanol–water partition coefficient (Wildman–Crippen LogP) is 3.28. The quantitative estimate of drug-likeness (QED) is 0.807. The van der Waals surface area contributed by atoms with E-state index >= 15 is 0 Å². The first-order valence-corrected chi connectivity index (χ1v) is 7.14. The first kappa shape index (κ1) is 15.3. The average Bonchev–Trinajstić information content (AvgIpc) is 2.53. The van der Waals surface area contributed by atoms with Gasteiger partial charge in [0.05, 0.1) is 6.61 Å². The molecule has 1 aromatic carbocycles. The highest BCUT2D eigenvalue weighted by molar-refractivity contribution is 5.33. The Balaban J connectivity index is 1.97. The molecule has 0 spiro atoms. The summed E-state index contributed by atoms with van der Waals surface area (Å²) in [6.07, 6.45) is 3.61. The topological polar surface area (TPSA) is 56.3 Å². The van der Waals surface area contributed by atoms with Crippen molar-refractivity contribution in [2.24, 2.45) is 0 Å². The summed E-state index contributed by atoms with van der Waals surface area (Å²) in [5.41, 5.74) is 1.22. The maximum absolute atomic E-state index is 5.74. The van der Waals surface area contributed by atoms with Gasteiger partial charge >= 0.3 is 0 Å². The molecule has 0 saturated carbocycles. The van der Waals surface area contributed by atoms with Gasteiger partial charge in [-0.15, -0.1) is 0 Å². The summed E-state index contributed by atoms with van der Waals surface area (Å²) in [4.78, 5) is 8.46. The molecule has 0 bridgehead atoms. The van der Waals surface area contributed by atoms with E-state index in [2.05, 4.69) is 22.2 Å². The molecule has 0 unspecified atom stereocenters. The molecule has 0 fully saturated rings. The molecule has 0 radical (unpaired) electrons. The van der Waals surface area contributed by atoms with Crippen molar-refractivity contribution in [3.05, 3.63) is 42.1 Å². The maximum atomic E-state index is 5.74. The van der Waals surface area contributed by atoms with Crippen LogP contribution in [0.2, 0.25) is 0 Å². The molecule has 0 saturated heterocycles. The van der Waals surface area contributed by atoms with E-state index in [1.807, 2.05) is 24.3 Å². The summed E-state index contributed by atoms with van der Waals surface area (Å²) in [6.45, 7) is 3.66. The highest BCUT2D eigenvalue weighted by Crippen LogP contribution is 2.20. The van der Waals surface area contributed by atoms with Crippen LogP contribution in [0, 0.1) is 0 Å². The Hall–Kier alpha value is -2.14. The molecular formula is C16H21N3O2. The van der Waals surface area contributed by atoms with Crippen molar-refractivity contribution >= 4 is 5.95 Å². The van der Waals surface area contributed by atoms with Gasteiger partial charge in [-0.3, -0.25) is 0 Å². The van der Waals surface area contributed by atoms with E-state index in [-0.39, 0.29) is 0 Å². The number of anilines is 1. The SMILES string of the molecule is CCCNc1nccc(Oc2ccc(CCOC)cc2)n1. The Bertz CT molecular complexity index is 543. The molecule has 2 aromatic rings. The van der Waals surface area contributed by atoms with E-state index in [4.69, 9.17) is 9.47 Å². The Morgan fingerprint density at radius 1 is 1.14 bits per heavy atom. The van der Waals surface area contributed by atoms with Crippen molar-refractivity contribution in [3.8, 4) is 11.6 Å². The summed E-state index contributed by atoms with van der Waals surface area (Å²) in [5, 5.41) is 3.14. The predicted molar refractivity (Wildman–Crippen MR) is 82.9 cm³/mol. The van der Waals surface area contributed by atoms with Gasteiger partial charge in [-0.25, -0.2) is 4.98 Å². The fraction of sp³-hybridized carbons (Fsp3) is 0.375. The van der Waals surface area contributed by atoms with E-state index in [9.17, 15) is 0 Å². The van der Waals surface area contributed by atoms with Gasteiger partial charge in [0.1, 0.15) is 5.75 Å². The first-order valence-electron chi connectivity index (χ1n) is 7.14. The van der Waals surface area contributed by atoms with Crippen LogP contribution in [0.4, 0.5) is 5.95 Å². The minimum atomic E-state index is 0.535. The van der Waals surface area contributed by atoms with Crippen LogP contribution in [0.15, 0.2) is 36.5 Å². The van der Waals surface area contributed by atoms with E-state index in [0.29, 0.717) is 11.8 Å². The van der Waals surface area contributed by atoms with Crippen molar-refractivity contribution in [2.75, 3.05) is 25.6 Å². The Labute approximate surface area is 125 Å². The van der Waals surface area contributed by atoms with Crippen LogP contribution in [0.1, 0.15) is 18.9 Å². The molecule has 0 aliphatic heterocycles. The van der Waals surface area contributed by atoms with Crippen molar-refractivity contribution < 1.29 is 9.47 Å². The van der Waals surface area contributed by atoms with Crippen LogP contribution in [0.5, 0.6) is 11.6 Å². The lowest BCUT2D eigenvalue weighted by atomic mass is 10.1. The van der Waals surface area contributed by atoms with E-state index < -0.39 is 0 Å². The number of nitrogens with zero attached hydrogens (tertiary/aromatic N) is 2. The highest BCUT2D eigenvalue weighted by atomic mass is 16.5. The van der Waals surface area contributed by atoms with E-state index in [0.717, 1.165) is 31.7 Å². The van der Waals surface area contributed by atoms with Gasteiger partial charge in [-0.1, -0.05) is 19.1 Å². The number of benzene rings is 1. The van der Waals surface area contributed by atoms with Crippen LogP contribution in [-0.2, 0) is 11.2 Å². The standard InChI is InChI=1S/C16H21N3O2/c1-3-10-17-16-18-11-8-15(19-16)21-14-6-4-13(5-7-14)9-12-20-2/h4-8,11H,3,9-10,12H2,1-2H3,(H,17,18,19). The lowest BCUT2D eigenvalue weighted by Crippen LogP contribution is -2.04. The van der Waals surface area contributed by atoms with Crippen molar-refractivity contribution in [2.45, 2.75) is 19.8 Å². The Morgan fingerprint density at radius 3 is 2.67 bits per heavy atom. The monoisotopic (exact) mass is 287 g/mol. The number of nitrogens with one attached hydrogen (secondary N) is 1. The van der Waals surface area contributed by atoms with Gasteiger partial charge in [-0.2, -0.15) is 4.98 Å². The fourth-order valence-electron chi connectivity index (χ4n) is 1.79. The number of rotatable bonds is 8. The minimum absolute atomic E-state index is 0.535. The molecule has 2 rings (SSSR count). The number of aromatic nitrogens is 2. The second kappa shape index (κ2) is 8.21. The molecule has 5 nitrogen and oxygen atoms in total. The van der Waals surface area contributed by atoms with Crippen LogP contribution in [0.3, 0.4) is 0 Å². The third-order valence-corrected chi connectivity index (χ3v) is 2.90. The molecule has 0 aliphatic rings. The summed E-state index contributed by atoms with van der Waals surface area (Å²) in [6, 6.07) is 9.69. The third-order valence-electron chi connectivity index (χ3n) is 2.90. The molecular weight excluding hydrogens is 266 g/mol. The Morgan fingerprint density at radius 2 is 1.95 bits per heavy atom. The molecule has 5 heteroatoms. The average molecular weight is 287 g/mol. The highest BCUT2D eigenvalue weighted by Gasteiger charge is 2.02. The second-order valence-electron chi connectivity index (χ2n) is 4.63. The number of ether oxygens (including phenoxy) is 2. The zero-order valence-electron chi connectivity index (χ0n) is 12.5. The van der Waals surface area contributed by atoms with Crippen LogP contribution >= 0.6 is 0 Å². The summed E-state index contributed by atoms with van der Waals surface area (Å²) < 4.78 is 10.8. The molecule has 1 heterocycles. The number of hydrogen-bond donors (Lipinski definition) is 1. The number of hydrogen-bond acceptors (Lipinski definition) is 5. The normalized spacial score (nSPS) is 10.4. The van der Waals surface area contributed by atoms with Crippen LogP contribution in [-0.4, -0.2) is 30.2 Å². The summed E-state index contributed by atoms with van der Waals surface area (Å²) >= 11 is 0. The van der Waals surface area contributed by atoms with Gasteiger partial charge < -0.3 is 14.8 Å². The molecule has 112 valence electrons. The number of methoxy groups -OCH3 is 1. The van der Waals surface area contributed by atoms with Gasteiger partial charge in [-0.05, 0) is 30.5 Å². The fourth-order valence-corrected chi connectivity index (χ4v) is 1.79. The summed E-state index contributed by atoms with van der Waals surface area (Å²) in [5.74, 6) is 1.88. The van der Waals surface area contributed by atoms with E-state index in [1.54, 1.807) is 19.4 Å². The van der Waals surface area contributed by atoms with Crippen LogP contribution < -0.4 is 10.1 Å². The van der Waals surface area contributed by atoms with Gasteiger partial charge in [0, 0.05) is 25.9 Å². The minimum Gasteiger partial charge on any atom is -0.439 e. The molecule has 0 amide bonds. The van der Waals surface area contributed by atoms with Crippen LogP contribution in [0.25, 0.3) is 0 Å². The van der Waals surface area contributed by atoms with Crippen molar-refractivity contribution in [1.29, 1.82) is 0 Å². The molecule has 0 aliphatic carbocycles. The largest absolute Gasteiger partial charge is 0.439 e. The molecule has 1 N–H and O–H groups in total. The van der Waals surface area contributed by atoms with Crippen molar-refractivity contribution in [1.82, 2.24) is 9.97 Å². The second-order valence-corrected chi connectivity index (χ2v) is 4.63. The Kier molecular flexibility index (Phi) is 5.97. The molecule has 21 heavy (non-hydrogen) atoms. The van der Waals surface area contributed by atoms with Gasteiger partial charge in [0.25, 0.3) is 0 Å². The van der Waals surface area contributed by atoms with E-state index in [1.165, 1.54) is 5.56 Å². The molecule has 0 atom stereocenters.